The number of hydrogen-bond acceptors (Lipinski definition) is 4. The van der Waals surface area contributed by atoms with Crippen molar-refractivity contribution in [2.24, 2.45) is 11.8 Å². The molecule has 14 heavy (non-hydrogen) atoms. The highest BCUT2D eigenvalue weighted by molar-refractivity contribution is 5.85. The van der Waals surface area contributed by atoms with E-state index in [0.717, 1.165) is 32.1 Å². The van der Waals surface area contributed by atoms with Gasteiger partial charge in [-0.15, -0.1) is 12.4 Å². The first-order valence-electron chi connectivity index (χ1n) is 4.46. The van der Waals surface area contributed by atoms with Crippen molar-refractivity contribution in [1.82, 2.24) is 5.43 Å². The first-order chi connectivity index (χ1) is 6.24. The SMILES string of the molecule is Cl.NNC(=O)OC(=O)C1CCCCC1. The maximum absolute atomic E-state index is 11.2. The molecule has 0 spiro atoms. The molecule has 0 radical (unpaired) electrons. The number of rotatable bonds is 1. The van der Waals surface area contributed by atoms with Crippen molar-refractivity contribution in [3.8, 4) is 0 Å². The summed E-state index contributed by atoms with van der Waals surface area (Å²) in [4.78, 5) is 21.8. The van der Waals surface area contributed by atoms with Crippen LogP contribution in [0.1, 0.15) is 32.1 Å². The van der Waals surface area contributed by atoms with Gasteiger partial charge in [-0.1, -0.05) is 19.3 Å². The van der Waals surface area contributed by atoms with E-state index in [1.54, 1.807) is 5.43 Å². The van der Waals surface area contributed by atoms with Gasteiger partial charge >= 0.3 is 12.1 Å². The Morgan fingerprint density at radius 2 is 1.79 bits per heavy atom. The summed E-state index contributed by atoms with van der Waals surface area (Å²) in [6.07, 6.45) is 3.98. The normalized spacial score (nSPS) is 16.6. The smallest absolute Gasteiger partial charge is 0.375 e. The van der Waals surface area contributed by atoms with E-state index in [1.807, 2.05) is 0 Å². The van der Waals surface area contributed by atoms with Gasteiger partial charge in [0.2, 0.25) is 0 Å². The minimum atomic E-state index is -0.879. The molecule has 0 aliphatic heterocycles. The van der Waals surface area contributed by atoms with Gasteiger partial charge in [0.25, 0.3) is 0 Å². The second-order valence-electron chi connectivity index (χ2n) is 3.19. The third-order valence-electron chi connectivity index (χ3n) is 2.25. The molecule has 82 valence electrons. The largest absolute Gasteiger partial charge is 0.429 e. The number of ether oxygens (including phenoxy) is 1. The van der Waals surface area contributed by atoms with Crippen LogP contribution in [0, 0.1) is 5.92 Å². The van der Waals surface area contributed by atoms with Gasteiger partial charge in [0, 0.05) is 0 Å². The molecule has 1 rings (SSSR count). The summed E-state index contributed by atoms with van der Waals surface area (Å²) in [6, 6.07) is 0. The molecular weight excluding hydrogens is 208 g/mol. The Morgan fingerprint density at radius 1 is 1.21 bits per heavy atom. The molecule has 3 N–H and O–H groups in total. The van der Waals surface area contributed by atoms with Crippen LogP contribution in [-0.2, 0) is 9.53 Å². The van der Waals surface area contributed by atoms with Crippen LogP contribution in [0.15, 0.2) is 0 Å². The van der Waals surface area contributed by atoms with E-state index in [4.69, 9.17) is 5.84 Å². The molecule has 0 bridgehead atoms. The zero-order valence-corrected chi connectivity index (χ0v) is 8.64. The molecule has 1 fully saturated rings. The number of nitrogens with one attached hydrogen (secondary N) is 1. The average Bonchev–Trinajstić information content (AvgIpc) is 2.19. The van der Waals surface area contributed by atoms with Crippen molar-refractivity contribution >= 4 is 24.5 Å². The summed E-state index contributed by atoms with van der Waals surface area (Å²) >= 11 is 0. The van der Waals surface area contributed by atoms with Crippen LogP contribution in [0.4, 0.5) is 4.79 Å². The number of hydrogen-bond donors (Lipinski definition) is 2. The molecule has 0 aromatic rings. The van der Waals surface area contributed by atoms with Gasteiger partial charge in [0.05, 0.1) is 5.92 Å². The summed E-state index contributed by atoms with van der Waals surface area (Å²) in [7, 11) is 0. The predicted molar refractivity (Wildman–Crippen MR) is 52.6 cm³/mol. The second-order valence-corrected chi connectivity index (χ2v) is 3.19. The number of halogens is 1. The molecule has 6 heteroatoms. The van der Waals surface area contributed by atoms with Gasteiger partial charge in [0.15, 0.2) is 0 Å². The minimum Gasteiger partial charge on any atom is -0.375 e. The zero-order chi connectivity index (χ0) is 9.68. The number of hydrazine groups is 1. The van der Waals surface area contributed by atoms with E-state index in [-0.39, 0.29) is 18.3 Å². The highest BCUT2D eigenvalue weighted by Gasteiger charge is 2.24. The van der Waals surface area contributed by atoms with Crippen molar-refractivity contribution < 1.29 is 14.3 Å². The lowest BCUT2D eigenvalue weighted by molar-refractivity contribution is -0.143. The minimum absolute atomic E-state index is 0. The molecular formula is C8H15ClN2O3. The van der Waals surface area contributed by atoms with Crippen LogP contribution in [0.2, 0.25) is 0 Å². The monoisotopic (exact) mass is 222 g/mol. The van der Waals surface area contributed by atoms with Gasteiger partial charge < -0.3 is 4.74 Å². The Kier molecular flexibility index (Phi) is 6.23. The van der Waals surface area contributed by atoms with Crippen LogP contribution in [-0.4, -0.2) is 12.1 Å². The fourth-order valence-corrected chi connectivity index (χ4v) is 1.54. The molecule has 0 aromatic heterocycles. The highest BCUT2D eigenvalue weighted by atomic mass is 35.5. The third-order valence-corrected chi connectivity index (χ3v) is 2.25. The topological polar surface area (TPSA) is 81.4 Å². The van der Waals surface area contributed by atoms with Gasteiger partial charge in [-0.05, 0) is 12.8 Å². The van der Waals surface area contributed by atoms with Crippen LogP contribution < -0.4 is 11.3 Å². The molecule has 1 amide bonds. The second kappa shape index (κ2) is 6.62. The summed E-state index contributed by atoms with van der Waals surface area (Å²) in [5.41, 5.74) is 1.75. The molecule has 0 saturated heterocycles. The summed E-state index contributed by atoms with van der Waals surface area (Å²) in [5.74, 6) is 4.20. The number of amides is 1. The van der Waals surface area contributed by atoms with E-state index in [1.165, 1.54) is 0 Å². The Hall–Kier alpha value is -0.810. The van der Waals surface area contributed by atoms with Crippen molar-refractivity contribution in [2.45, 2.75) is 32.1 Å². The number of carbonyl (C=O) groups is 2. The maximum Gasteiger partial charge on any atom is 0.429 e. The lowest BCUT2D eigenvalue weighted by Crippen LogP contribution is -2.34. The summed E-state index contributed by atoms with van der Waals surface area (Å²) < 4.78 is 4.43. The molecule has 1 aliphatic carbocycles. The fourth-order valence-electron chi connectivity index (χ4n) is 1.54. The number of esters is 1. The van der Waals surface area contributed by atoms with Gasteiger partial charge in [0.1, 0.15) is 0 Å². The lowest BCUT2D eigenvalue weighted by Gasteiger charge is -2.18. The Balaban J connectivity index is 0.00000169. The zero-order valence-electron chi connectivity index (χ0n) is 7.82. The Labute approximate surface area is 88.7 Å². The van der Waals surface area contributed by atoms with Crippen molar-refractivity contribution in [3.63, 3.8) is 0 Å². The van der Waals surface area contributed by atoms with Crippen LogP contribution >= 0.6 is 12.4 Å². The van der Waals surface area contributed by atoms with E-state index < -0.39 is 12.1 Å². The van der Waals surface area contributed by atoms with Gasteiger partial charge in [-0.2, -0.15) is 0 Å². The summed E-state index contributed by atoms with van der Waals surface area (Å²) in [6.45, 7) is 0. The first-order valence-corrected chi connectivity index (χ1v) is 4.46. The van der Waals surface area contributed by atoms with Crippen molar-refractivity contribution in [1.29, 1.82) is 0 Å². The van der Waals surface area contributed by atoms with E-state index in [0.29, 0.717) is 0 Å². The lowest BCUT2D eigenvalue weighted by atomic mass is 9.89. The van der Waals surface area contributed by atoms with Gasteiger partial charge in [-0.3, -0.25) is 10.2 Å². The van der Waals surface area contributed by atoms with E-state index >= 15 is 0 Å². The average molecular weight is 223 g/mol. The maximum atomic E-state index is 11.2. The predicted octanol–water partition coefficient (Wildman–Crippen LogP) is 1.12. The Bertz CT molecular complexity index is 205. The molecule has 1 aliphatic rings. The fraction of sp³-hybridized carbons (Fsp3) is 0.750. The molecule has 0 atom stereocenters. The van der Waals surface area contributed by atoms with Crippen molar-refractivity contribution in [3.05, 3.63) is 0 Å². The molecule has 0 unspecified atom stereocenters. The standard InChI is InChI=1S/C8H14N2O3.ClH/c9-10-8(12)13-7(11)6-4-2-1-3-5-6;/h6H,1-5,9H2,(H,10,12);1H. The third kappa shape index (κ3) is 3.93. The first kappa shape index (κ1) is 13.2. The van der Waals surface area contributed by atoms with E-state index in [2.05, 4.69) is 4.74 Å². The molecule has 0 heterocycles. The molecule has 0 aromatic carbocycles. The number of carbonyl (C=O) groups excluding carboxylic acids is 2. The Morgan fingerprint density at radius 3 is 2.29 bits per heavy atom. The molecule has 1 saturated carbocycles. The highest BCUT2D eigenvalue weighted by Crippen LogP contribution is 2.24. The van der Waals surface area contributed by atoms with Crippen LogP contribution in [0.25, 0.3) is 0 Å². The quantitative estimate of drug-likeness (QED) is 0.229. The van der Waals surface area contributed by atoms with Crippen LogP contribution in [0.5, 0.6) is 0 Å². The summed E-state index contributed by atoms with van der Waals surface area (Å²) in [5, 5.41) is 0. The molecule has 5 nitrogen and oxygen atoms in total. The number of nitrogens with two attached hydrogens (primary N) is 1. The van der Waals surface area contributed by atoms with E-state index in [9.17, 15) is 9.59 Å². The van der Waals surface area contributed by atoms with Gasteiger partial charge in [-0.25, -0.2) is 10.6 Å². The van der Waals surface area contributed by atoms with Crippen molar-refractivity contribution in [2.75, 3.05) is 0 Å². The van der Waals surface area contributed by atoms with Crippen LogP contribution in [0.3, 0.4) is 0 Å².